The van der Waals surface area contributed by atoms with Crippen LogP contribution in [0.5, 0.6) is 5.75 Å². The van der Waals surface area contributed by atoms with Crippen LogP contribution in [0.25, 0.3) is 16.9 Å². The van der Waals surface area contributed by atoms with Gasteiger partial charge in [-0.05, 0) is 38.5 Å². The Bertz CT molecular complexity index is 785. The third-order valence-electron chi connectivity index (χ3n) is 3.71. The molecule has 0 amide bonds. The summed E-state index contributed by atoms with van der Waals surface area (Å²) in [5.41, 5.74) is 5.63. The monoisotopic (exact) mass is 278 g/mol. The molecule has 0 fully saturated rings. The average molecular weight is 278 g/mol. The predicted molar refractivity (Wildman–Crippen MR) is 84.9 cm³/mol. The minimum Gasteiger partial charge on any atom is -0.504 e. The normalized spacial score (nSPS) is 10.8. The summed E-state index contributed by atoms with van der Waals surface area (Å²) in [6.07, 6.45) is 0. The topological polar surface area (TPSA) is 38.0 Å². The van der Waals surface area contributed by atoms with E-state index in [0.717, 1.165) is 22.5 Å². The van der Waals surface area contributed by atoms with Gasteiger partial charge in [-0.2, -0.15) is 5.10 Å². The fourth-order valence-electron chi connectivity index (χ4n) is 2.47. The Labute approximate surface area is 124 Å². The summed E-state index contributed by atoms with van der Waals surface area (Å²) < 4.78 is 1.81. The number of aryl methyl sites for hydroxylation is 3. The van der Waals surface area contributed by atoms with Crippen LogP contribution in [0.1, 0.15) is 16.8 Å². The first-order valence-electron chi connectivity index (χ1n) is 6.99. The maximum atomic E-state index is 10.4. The molecular weight excluding hydrogens is 260 g/mol. The van der Waals surface area contributed by atoms with Gasteiger partial charge in [0.1, 0.15) is 11.4 Å². The van der Waals surface area contributed by atoms with Crippen LogP contribution in [-0.4, -0.2) is 14.9 Å². The molecule has 0 saturated carbocycles. The van der Waals surface area contributed by atoms with E-state index >= 15 is 0 Å². The highest BCUT2D eigenvalue weighted by Gasteiger charge is 2.18. The highest BCUT2D eigenvalue weighted by Crippen LogP contribution is 2.35. The van der Waals surface area contributed by atoms with Crippen LogP contribution in [0.4, 0.5) is 0 Å². The third-order valence-corrected chi connectivity index (χ3v) is 3.71. The first kappa shape index (κ1) is 13.4. The molecule has 0 saturated heterocycles. The number of rotatable bonds is 2. The lowest BCUT2D eigenvalue weighted by atomic mass is 10.0. The quantitative estimate of drug-likeness (QED) is 0.764. The number of hydrogen-bond donors (Lipinski definition) is 1. The summed E-state index contributed by atoms with van der Waals surface area (Å²) in [6.45, 7) is 5.91. The summed E-state index contributed by atoms with van der Waals surface area (Å²) in [5.74, 6) is 0.241. The van der Waals surface area contributed by atoms with Crippen LogP contribution in [0.2, 0.25) is 0 Å². The van der Waals surface area contributed by atoms with Crippen LogP contribution in [-0.2, 0) is 0 Å². The lowest BCUT2D eigenvalue weighted by Crippen LogP contribution is -2.00. The fourth-order valence-corrected chi connectivity index (χ4v) is 2.47. The molecule has 0 atom stereocenters. The van der Waals surface area contributed by atoms with Gasteiger partial charge in [0, 0.05) is 5.56 Å². The Hall–Kier alpha value is -2.55. The van der Waals surface area contributed by atoms with E-state index in [1.165, 1.54) is 5.56 Å². The summed E-state index contributed by atoms with van der Waals surface area (Å²) in [6, 6.07) is 16.1. The van der Waals surface area contributed by atoms with Crippen LogP contribution in [0, 0.1) is 20.8 Å². The molecule has 0 unspecified atom stereocenters. The van der Waals surface area contributed by atoms with E-state index in [0.29, 0.717) is 5.69 Å². The van der Waals surface area contributed by atoms with Crippen molar-refractivity contribution in [3.8, 4) is 22.7 Å². The molecule has 1 N–H and O–H groups in total. The summed E-state index contributed by atoms with van der Waals surface area (Å²) >= 11 is 0. The maximum Gasteiger partial charge on any atom is 0.165 e. The van der Waals surface area contributed by atoms with E-state index in [9.17, 15) is 5.11 Å². The van der Waals surface area contributed by atoms with Gasteiger partial charge >= 0.3 is 0 Å². The Kier molecular flexibility index (Phi) is 3.26. The first-order chi connectivity index (χ1) is 10.1. The van der Waals surface area contributed by atoms with E-state index in [2.05, 4.69) is 12.0 Å². The Morgan fingerprint density at radius 2 is 1.57 bits per heavy atom. The van der Waals surface area contributed by atoms with Crippen molar-refractivity contribution in [1.82, 2.24) is 9.78 Å². The zero-order valence-electron chi connectivity index (χ0n) is 12.5. The van der Waals surface area contributed by atoms with Crippen molar-refractivity contribution in [2.45, 2.75) is 20.8 Å². The van der Waals surface area contributed by atoms with Gasteiger partial charge in [0.25, 0.3) is 0 Å². The number of benzene rings is 2. The van der Waals surface area contributed by atoms with Crippen LogP contribution in [0.15, 0.2) is 48.5 Å². The molecule has 0 radical (unpaired) electrons. The van der Waals surface area contributed by atoms with Gasteiger partial charge in [-0.1, -0.05) is 42.0 Å². The van der Waals surface area contributed by atoms with E-state index in [4.69, 9.17) is 0 Å². The van der Waals surface area contributed by atoms with Gasteiger partial charge in [0.2, 0.25) is 0 Å². The average Bonchev–Trinajstić information content (AvgIpc) is 2.77. The minimum atomic E-state index is 0.241. The third kappa shape index (κ3) is 2.31. The SMILES string of the molecule is Cc1ccc(-n2nc(C)c(O)c2-c2ccccc2C)cc1. The minimum absolute atomic E-state index is 0.241. The van der Waals surface area contributed by atoms with E-state index in [1.54, 1.807) is 0 Å². The zero-order valence-corrected chi connectivity index (χ0v) is 12.5. The van der Waals surface area contributed by atoms with Gasteiger partial charge in [-0.15, -0.1) is 0 Å². The van der Waals surface area contributed by atoms with Crippen LogP contribution in [0.3, 0.4) is 0 Å². The molecule has 1 aromatic heterocycles. The molecule has 0 spiro atoms. The fraction of sp³-hybridized carbons (Fsp3) is 0.167. The molecule has 0 aliphatic rings. The van der Waals surface area contributed by atoms with Crippen LogP contribution < -0.4 is 0 Å². The molecule has 0 aliphatic heterocycles. The number of aromatic hydroxyl groups is 1. The van der Waals surface area contributed by atoms with Crippen molar-refractivity contribution in [2.75, 3.05) is 0 Å². The summed E-state index contributed by atoms with van der Waals surface area (Å²) in [7, 11) is 0. The first-order valence-corrected chi connectivity index (χ1v) is 6.99. The van der Waals surface area contributed by atoms with Crippen molar-refractivity contribution in [1.29, 1.82) is 0 Å². The van der Waals surface area contributed by atoms with Crippen molar-refractivity contribution >= 4 is 0 Å². The molecule has 0 bridgehead atoms. The van der Waals surface area contributed by atoms with Gasteiger partial charge in [0.15, 0.2) is 5.75 Å². The molecule has 1 heterocycles. The highest BCUT2D eigenvalue weighted by atomic mass is 16.3. The smallest absolute Gasteiger partial charge is 0.165 e. The molecule has 21 heavy (non-hydrogen) atoms. The Morgan fingerprint density at radius 1 is 0.905 bits per heavy atom. The maximum absolute atomic E-state index is 10.4. The molecule has 3 rings (SSSR count). The number of nitrogens with zero attached hydrogens (tertiary/aromatic N) is 2. The molecule has 106 valence electrons. The zero-order chi connectivity index (χ0) is 15.0. The lowest BCUT2D eigenvalue weighted by Gasteiger charge is -2.10. The Balaban J connectivity index is 2.26. The molecule has 3 nitrogen and oxygen atoms in total. The number of hydrogen-bond acceptors (Lipinski definition) is 2. The van der Waals surface area contributed by atoms with E-state index in [-0.39, 0.29) is 5.75 Å². The predicted octanol–water partition coefficient (Wildman–Crippen LogP) is 4.17. The molecule has 0 aliphatic carbocycles. The van der Waals surface area contributed by atoms with E-state index < -0.39 is 0 Å². The second-order valence-corrected chi connectivity index (χ2v) is 5.34. The standard InChI is InChI=1S/C18H18N2O/c1-12-8-10-15(11-9-12)20-17(18(21)14(3)19-20)16-7-5-4-6-13(16)2/h4-11,21H,1-3H3. The largest absolute Gasteiger partial charge is 0.504 e. The molecule has 3 heteroatoms. The Morgan fingerprint density at radius 3 is 2.24 bits per heavy atom. The van der Waals surface area contributed by atoms with Gasteiger partial charge in [-0.25, -0.2) is 4.68 Å². The summed E-state index contributed by atoms with van der Waals surface area (Å²) in [5, 5.41) is 14.9. The van der Waals surface area contributed by atoms with Crippen molar-refractivity contribution in [2.24, 2.45) is 0 Å². The lowest BCUT2D eigenvalue weighted by molar-refractivity contribution is 0.473. The number of aromatic nitrogens is 2. The molecule has 3 aromatic rings. The van der Waals surface area contributed by atoms with Crippen molar-refractivity contribution in [3.63, 3.8) is 0 Å². The second kappa shape index (κ2) is 5.09. The molecule has 2 aromatic carbocycles. The van der Waals surface area contributed by atoms with Gasteiger partial charge in [0.05, 0.1) is 5.69 Å². The molecular formula is C18H18N2O. The van der Waals surface area contributed by atoms with E-state index in [1.807, 2.05) is 67.1 Å². The van der Waals surface area contributed by atoms with Crippen molar-refractivity contribution < 1.29 is 5.11 Å². The highest BCUT2D eigenvalue weighted by molar-refractivity contribution is 5.72. The van der Waals surface area contributed by atoms with Crippen molar-refractivity contribution in [3.05, 3.63) is 65.4 Å². The second-order valence-electron chi connectivity index (χ2n) is 5.34. The summed E-state index contributed by atoms with van der Waals surface area (Å²) in [4.78, 5) is 0. The van der Waals surface area contributed by atoms with Gasteiger partial charge < -0.3 is 5.11 Å². The van der Waals surface area contributed by atoms with Gasteiger partial charge in [-0.3, -0.25) is 0 Å². The van der Waals surface area contributed by atoms with Crippen LogP contribution >= 0.6 is 0 Å².